The Labute approximate surface area is 186 Å². The van der Waals surface area contributed by atoms with E-state index in [-0.39, 0.29) is 0 Å². The van der Waals surface area contributed by atoms with Crippen LogP contribution in [-0.2, 0) is 13.6 Å². The van der Waals surface area contributed by atoms with Gasteiger partial charge in [0.05, 0.1) is 12.2 Å². The summed E-state index contributed by atoms with van der Waals surface area (Å²) in [6.45, 7) is 4.74. The van der Waals surface area contributed by atoms with Crippen LogP contribution < -0.4 is 14.8 Å². The third-order valence-corrected chi connectivity index (χ3v) is 5.79. The zero-order valence-corrected chi connectivity index (χ0v) is 18.7. The molecule has 0 amide bonds. The zero-order chi connectivity index (χ0) is 21.6. The molecule has 0 spiro atoms. The van der Waals surface area contributed by atoms with Crippen LogP contribution in [-0.4, -0.2) is 9.78 Å². The maximum Gasteiger partial charge on any atom is 0.203 e. The van der Waals surface area contributed by atoms with Gasteiger partial charge in [0.15, 0.2) is 10.5 Å². The van der Waals surface area contributed by atoms with Gasteiger partial charge in [-0.2, -0.15) is 0 Å². The van der Waals surface area contributed by atoms with E-state index in [4.69, 9.17) is 15.1 Å². The van der Waals surface area contributed by atoms with Crippen LogP contribution in [0, 0.1) is 13.8 Å². The third kappa shape index (κ3) is 5.55. The summed E-state index contributed by atoms with van der Waals surface area (Å²) in [5.41, 5.74) is 5.44. The topological polar surface area (TPSA) is 54.6 Å². The van der Waals surface area contributed by atoms with E-state index in [2.05, 4.69) is 55.6 Å². The molecule has 0 aliphatic heterocycles. The molecule has 0 atom stereocenters. The minimum atomic E-state index is 0.599. The van der Waals surface area contributed by atoms with Crippen molar-refractivity contribution in [3.05, 3.63) is 105 Å². The van der Waals surface area contributed by atoms with E-state index in [9.17, 15) is 0 Å². The van der Waals surface area contributed by atoms with E-state index >= 15 is 0 Å². The van der Waals surface area contributed by atoms with E-state index in [1.54, 1.807) is 4.68 Å². The maximum absolute atomic E-state index is 4.87. The Morgan fingerprint density at radius 1 is 0.871 bits per heavy atom. The number of aromatic nitrogens is 2. The summed E-state index contributed by atoms with van der Waals surface area (Å²) in [6, 6.07) is 26.6. The second-order valence-corrected chi connectivity index (χ2v) is 8.36. The highest BCUT2D eigenvalue weighted by Crippen LogP contribution is 2.15. The highest BCUT2D eigenvalue weighted by molar-refractivity contribution is 7.06. The van der Waals surface area contributed by atoms with Crippen LogP contribution in [0.5, 0.6) is 0 Å². The van der Waals surface area contributed by atoms with Crippen LogP contribution >= 0.6 is 11.3 Å². The molecule has 0 radical (unpaired) electrons. The van der Waals surface area contributed by atoms with E-state index in [0.29, 0.717) is 12.4 Å². The van der Waals surface area contributed by atoms with Gasteiger partial charge in [0.1, 0.15) is 0 Å². The van der Waals surface area contributed by atoms with Crippen molar-refractivity contribution in [1.29, 1.82) is 0 Å². The normalized spacial score (nSPS) is 12.2. The molecule has 0 saturated heterocycles. The van der Waals surface area contributed by atoms with Crippen molar-refractivity contribution < 1.29 is 0 Å². The fourth-order valence-electron chi connectivity index (χ4n) is 2.98. The average molecular weight is 428 g/mol. The van der Waals surface area contributed by atoms with Crippen LogP contribution in [0.1, 0.15) is 16.7 Å². The summed E-state index contributed by atoms with van der Waals surface area (Å²) in [5.74, 6) is 0.704. The summed E-state index contributed by atoms with van der Waals surface area (Å²) >= 11 is 1.52. The predicted molar refractivity (Wildman–Crippen MR) is 128 cm³/mol. The average Bonchev–Trinajstić information content (AvgIpc) is 2.78. The van der Waals surface area contributed by atoms with Crippen LogP contribution in [0.25, 0.3) is 0 Å². The lowest BCUT2D eigenvalue weighted by Crippen LogP contribution is -2.25. The Hall–Kier alpha value is -3.51. The number of hydrogen-bond acceptors (Lipinski definition) is 5. The van der Waals surface area contributed by atoms with Crippen molar-refractivity contribution in [1.82, 2.24) is 9.78 Å². The SMILES string of the molecule is Cc1ccc(N=c2sc(=NCc3ccccc3)n(C)nc2Nc2ccc(C)cc2)cc1. The molecule has 3 aromatic carbocycles. The Morgan fingerprint density at radius 3 is 2.19 bits per heavy atom. The summed E-state index contributed by atoms with van der Waals surface area (Å²) < 4.78 is 2.59. The summed E-state index contributed by atoms with van der Waals surface area (Å²) in [6.07, 6.45) is 0. The molecule has 1 aromatic heterocycles. The molecule has 0 aliphatic rings. The first-order valence-electron chi connectivity index (χ1n) is 10.1. The molecule has 4 aromatic rings. The minimum absolute atomic E-state index is 0.599. The van der Waals surface area contributed by atoms with E-state index in [1.165, 1.54) is 22.5 Å². The van der Waals surface area contributed by atoms with Gasteiger partial charge in [-0.15, -0.1) is 5.10 Å². The first kappa shape index (κ1) is 20.8. The number of benzene rings is 3. The number of hydrogen-bond donors (Lipinski definition) is 1. The lowest BCUT2D eigenvalue weighted by molar-refractivity contribution is 0.701. The third-order valence-electron chi connectivity index (χ3n) is 4.74. The zero-order valence-electron chi connectivity index (χ0n) is 17.9. The quantitative estimate of drug-likeness (QED) is 0.477. The maximum atomic E-state index is 4.87. The molecule has 0 fully saturated rings. The Morgan fingerprint density at radius 2 is 1.52 bits per heavy atom. The van der Waals surface area contributed by atoms with E-state index in [0.717, 1.165) is 26.4 Å². The van der Waals surface area contributed by atoms with E-state index < -0.39 is 0 Å². The molecule has 0 unspecified atom stereocenters. The molecule has 0 saturated carbocycles. The van der Waals surface area contributed by atoms with Gasteiger partial charge in [-0.1, -0.05) is 77.1 Å². The second-order valence-electron chi connectivity index (χ2n) is 7.40. The number of nitrogens with zero attached hydrogens (tertiary/aromatic N) is 4. The molecule has 5 nitrogen and oxygen atoms in total. The smallest absolute Gasteiger partial charge is 0.203 e. The predicted octanol–water partition coefficient (Wildman–Crippen LogP) is 5.18. The molecule has 156 valence electrons. The molecule has 1 heterocycles. The fraction of sp³-hybridized carbons (Fsp3) is 0.160. The van der Waals surface area contributed by atoms with Crippen molar-refractivity contribution >= 4 is 28.5 Å². The van der Waals surface area contributed by atoms with Crippen molar-refractivity contribution in [3.63, 3.8) is 0 Å². The van der Waals surface area contributed by atoms with Gasteiger partial charge in [-0.3, -0.25) is 4.99 Å². The molecule has 4 rings (SSSR count). The van der Waals surface area contributed by atoms with Gasteiger partial charge in [0, 0.05) is 12.7 Å². The highest BCUT2D eigenvalue weighted by atomic mass is 32.1. The summed E-state index contributed by atoms with van der Waals surface area (Å²) in [5, 5.41) is 8.16. The highest BCUT2D eigenvalue weighted by Gasteiger charge is 2.05. The van der Waals surface area contributed by atoms with Gasteiger partial charge in [0.25, 0.3) is 0 Å². The van der Waals surface area contributed by atoms with Gasteiger partial charge in [0.2, 0.25) is 4.80 Å². The summed E-state index contributed by atoms with van der Waals surface area (Å²) in [4.78, 5) is 10.5. The van der Waals surface area contributed by atoms with Gasteiger partial charge in [-0.05, 0) is 43.7 Å². The first-order valence-corrected chi connectivity index (χ1v) is 11.0. The van der Waals surface area contributed by atoms with Crippen molar-refractivity contribution in [3.8, 4) is 0 Å². The van der Waals surface area contributed by atoms with Gasteiger partial charge < -0.3 is 5.32 Å². The number of anilines is 2. The molecule has 1 N–H and O–H groups in total. The number of nitrogens with one attached hydrogen (secondary N) is 1. The van der Waals surface area contributed by atoms with Crippen molar-refractivity contribution in [2.45, 2.75) is 20.4 Å². The van der Waals surface area contributed by atoms with Crippen LogP contribution in [0.15, 0.2) is 88.8 Å². The molecule has 31 heavy (non-hydrogen) atoms. The minimum Gasteiger partial charge on any atom is -0.336 e. The van der Waals surface area contributed by atoms with Crippen molar-refractivity contribution in [2.24, 2.45) is 17.0 Å². The molecule has 0 bridgehead atoms. The lowest BCUT2D eigenvalue weighted by atomic mass is 10.2. The van der Waals surface area contributed by atoms with Crippen LogP contribution in [0.2, 0.25) is 0 Å². The monoisotopic (exact) mass is 427 g/mol. The molecular weight excluding hydrogens is 402 g/mol. The lowest BCUT2D eigenvalue weighted by Gasteiger charge is -2.08. The largest absolute Gasteiger partial charge is 0.336 e. The Balaban J connectivity index is 1.78. The van der Waals surface area contributed by atoms with E-state index in [1.807, 2.05) is 49.5 Å². The Bertz CT molecular complexity index is 1290. The summed E-state index contributed by atoms with van der Waals surface area (Å²) in [7, 11) is 1.91. The van der Waals surface area contributed by atoms with Crippen LogP contribution in [0.3, 0.4) is 0 Å². The molecule has 0 aliphatic carbocycles. The molecular formula is C25H25N5S. The Kier molecular flexibility index (Phi) is 6.38. The van der Waals surface area contributed by atoms with Gasteiger partial charge >= 0.3 is 0 Å². The standard InChI is InChI=1S/C25H25N5S/c1-18-9-13-21(14-10-18)27-23-24(28-22-15-11-19(2)12-16-22)31-25(30(3)29-23)26-17-20-7-5-4-6-8-20/h4-16H,17H2,1-3H3,(H,27,29). The first-order chi connectivity index (χ1) is 15.1. The van der Waals surface area contributed by atoms with Crippen LogP contribution in [0.4, 0.5) is 17.2 Å². The number of aryl methyl sites for hydroxylation is 3. The number of rotatable bonds is 5. The molecule has 6 heteroatoms. The second kappa shape index (κ2) is 9.53. The van der Waals surface area contributed by atoms with Gasteiger partial charge in [-0.25, -0.2) is 9.67 Å². The fourth-order valence-corrected chi connectivity index (χ4v) is 3.79. The van der Waals surface area contributed by atoms with Crippen molar-refractivity contribution in [2.75, 3.05) is 5.32 Å².